The molecule has 0 saturated carbocycles. The smallest absolute Gasteiger partial charge is 0.266 e. The minimum atomic E-state index is -0.381. The molecule has 0 aliphatic carbocycles. The summed E-state index contributed by atoms with van der Waals surface area (Å²) in [6.07, 6.45) is 1.40. The average Bonchev–Trinajstić information content (AvgIpc) is 2.98. The summed E-state index contributed by atoms with van der Waals surface area (Å²) in [6.45, 7) is 4.65. The van der Waals surface area contributed by atoms with Crippen LogP contribution in [0.4, 0.5) is 0 Å². The van der Waals surface area contributed by atoms with Crippen molar-refractivity contribution in [3.63, 3.8) is 0 Å². The number of aromatic nitrogens is 2. The van der Waals surface area contributed by atoms with Crippen LogP contribution in [0, 0.1) is 0 Å². The highest BCUT2D eigenvalue weighted by atomic mass is 16.2. The molecule has 5 aromatic rings. The number of carbonyl (C=O) groups excluding carboxylic acids is 1. The second-order valence-electron chi connectivity index (χ2n) is 9.33. The van der Waals surface area contributed by atoms with E-state index in [4.69, 9.17) is 4.98 Å². The molecule has 5 nitrogen and oxygen atoms in total. The van der Waals surface area contributed by atoms with E-state index in [9.17, 15) is 9.59 Å². The highest BCUT2D eigenvalue weighted by Crippen LogP contribution is 2.28. The van der Waals surface area contributed by atoms with Gasteiger partial charge in [0.1, 0.15) is 5.82 Å². The molecule has 1 amide bonds. The second kappa shape index (κ2) is 11.3. The van der Waals surface area contributed by atoms with Crippen molar-refractivity contribution in [3.8, 4) is 16.8 Å². The normalized spacial score (nSPS) is 11.8. The maximum atomic E-state index is 14.0. The number of rotatable bonds is 8. The summed E-state index contributed by atoms with van der Waals surface area (Å²) in [5.74, 6) is 0.505. The SMILES string of the molecule is CCCN(C(=O)c1ccc(-c2ccccc2)cc1)C(CC)c1nc2ccccc2c(=O)n1-c1ccccc1. The van der Waals surface area contributed by atoms with Crippen molar-refractivity contribution in [2.45, 2.75) is 32.7 Å². The Hall–Kier alpha value is -4.51. The fourth-order valence-electron chi connectivity index (χ4n) is 4.98. The van der Waals surface area contributed by atoms with Gasteiger partial charge in [-0.3, -0.25) is 14.2 Å². The first-order chi connectivity index (χ1) is 18.6. The summed E-state index contributed by atoms with van der Waals surface area (Å²) < 4.78 is 1.67. The molecular formula is C33H31N3O2. The predicted octanol–water partition coefficient (Wildman–Crippen LogP) is 7.06. The lowest BCUT2D eigenvalue weighted by Crippen LogP contribution is -2.39. The number of fused-ring (bicyclic) bond motifs is 1. The minimum Gasteiger partial charge on any atom is -0.328 e. The molecular weight excluding hydrogens is 470 g/mol. The average molecular weight is 502 g/mol. The van der Waals surface area contributed by atoms with Gasteiger partial charge in [-0.1, -0.05) is 86.6 Å². The molecule has 1 atom stereocenters. The van der Waals surface area contributed by atoms with E-state index >= 15 is 0 Å². The van der Waals surface area contributed by atoms with Crippen molar-refractivity contribution in [3.05, 3.63) is 131 Å². The molecule has 190 valence electrons. The van der Waals surface area contributed by atoms with E-state index in [0.29, 0.717) is 35.3 Å². The number of hydrogen-bond donors (Lipinski definition) is 0. The maximum absolute atomic E-state index is 14.0. The second-order valence-corrected chi connectivity index (χ2v) is 9.33. The summed E-state index contributed by atoms with van der Waals surface area (Å²) >= 11 is 0. The van der Waals surface area contributed by atoms with Gasteiger partial charge in [-0.25, -0.2) is 4.98 Å². The van der Waals surface area contributed by atoms with Crippen molar-refractivity contribution < 1.29 is 4.79 Å². The van der Waals surface area contributed by atoms with E-state index in [1.54, 1.807) is 10.6 Å². The van der Waals surface area contributed by atoms with Gasteiger partial charge in [0, 0.05) is 12.1 Å². The zero-order chi connectivity index (χ0) is 26.5. The van der Waals surface area contributed by atoms with Crippen molar-refractivity contribution >= 4 is 16.8 Å². The molecule has 5 rings (SSSR count). The van der Waals surface area contributed by atoms with E-state index in [2.05, 4.69) is 19.1 Å². The number of para-hydroxylation sites is 2. The summed E-state index contributed by atoms with van der Waals surface area (Å²) in [5, 5.41) is 0.555. The highest BCUT2D eigenvalue weighted by Gasteiger charge is 2.29. The molecule has 1 heterocycles. The molecule has 0 spiro atoms. The van der Waals surface area contributed by atoms with E-state index in [1.807, 2.05) is 103 Å². The first-order valence-corrected chi connectivity index (χ1v) is 13.2. The molecule has 1 unspecified atom stereocenters. The lowest BCUT2D eigenvalue weighted by molar-refractivity contribution is 0.0659. The fraction of sp³-hybridized carbons (Fsp3) is 0.182. The Balaban J connectivity index is 1.60. The van der Waals surface area contributed by atoms with E-state index in [1.165, 1.54) is 0 Å². The first-order valence-electron chi connectivity index (χ1n) is 13.2. The van der Waals surface area contributed by atoms with Crippen LogP contribution in [-0.4, -0.2) is 26.9 Å². The van der Waals surface area contributed by atoms with Crippen LogP contribution in [-0.2, 0) is 0 Å². The lowest BCUT2D eigenvalue weighted by atomic mass is 10.0. The predicted molar refractivity (Wildman–Crippen MR) is 154 cm³/mol. The fourth-order valence-corrected chi connectivity index (χ4v) is 4.98. The Labute approximate surface area is 223 Å². The lowest BCUT2D eigenvalue weighted by Gasteiger charge is -2.32. The maximum Gasteiger partial charge on any atom is 0.266 e. The summed E-state index contributed by atoms with van der Waals surface area (Å²) in [6, 6.07) is 34.4. The summed E-state index contributed by atoms with van der Waals surface area (Å²) in [4.78, 5) is 34.6. The molecule has 0 bridgehead atoms. The molecule has 0 saturated heterocycles. The molecule has 38 heavy (non-hydrogen) atoms. The molecule has 0 N–H and O–H groups in total. The minimum absolute atomic E-state index is 0.0691. The van der Waals surface area contributed by atoms with Crippen molar-refractivity contribution in [1.29, 1.82) is 0 Å². The van der Waals surface area contributed by atoms with Crippen LogP contribution in [0.25, 0.3) is 27.7 Å². The molecule has 1 aromatic heterocycles. The van der Waals surface area contributed by atoms with Crippen LogP contribution < -0.4 is 5.56 Å². The third-order valence-electron chi connectivity index (χ3n) is 6.84. The number of hydrogen-bond acceptors (Lipinski definition) is 3. The Bertz CT molecular complexity index is 1590. The molecule has 0 aliphatic heterocycles. The monoisotopic (exact) mass is 501 g/mol. The van der Waals surface area contributed by atoms with Gasteiger partial charge in [-0.05, 0) is 60.4 Å². The number of benzene rings is 4. The zero-order valence-corrected chi connectivity index (χ0v) is 21.7. The van der Waals surface area contributed by atoms with Gasteiger partial charge in [0.05, 0.1) is 22.6 Å². The first kappa shape index (κ1) is 25.2. The van der Waals surface area contributed by atoms with E-state index in [0.717, 1.165) is 23.2 Å². The molecule has 0 fully saturated rings. The van der Waals surface area contributed by atoms with Gasteiger partial charge in [-0.2, -0.15) is 0 Å². The van der Waals surface area contributed by atoms with Crippen molar-refractivity contribution in [1.82, 2.24) is 14.5 Å². The molecule has 4 aromatic carbocycles. The Kier molecular flexibility index (Phi) is 7.45. The van der Waals surface area contributed by atoms with Crippen LogP contribution >= 0.6 is 0 Å². The van der Waals surface area contributed by atoms with Gasteiger partial charge in [-0.15, -0.1) is 0 Å². The Morgan fingerprint density at radius 2 is 1.39 bits per heavy atom. The molecule has 5 heteroatoms. The third-order valence-corrected chi connectivity index (χ3v) is 6.84. The van der Waals surface area contributed by atoms with Crippen LogP contribution in [0.3, 0.4) is 0 Å². The topological polar surface area (TPSA) is 55.2 Å². The van der Waals surface area contributed by atoms with Gasteiger partial charge < -0.3 is 4.90 Å². The van der Waals surface area contributed by atoms with Crippen LogP contribution in [0.1, 0.15) is 48.9 Å². The summed E-state index contributed by atoms with van der Waals surface area (Å²) in [5.41, 5.74) is 4.02. The van der Waals surface area contributed by atoms with Gasteiger partial charge in [0.2, 0.25) is 0 Å². The number of nitrogens with zero attached hydrogens (tertiary/aromatic N) is 3. The van der Waals surface area contributed by atoms with E-state index in [-0.39, 0.29) is 17.5 Å². The summed E-state index contributed by atoms with van der Waals surface area (Å²) in [7, 11) is 0. The van der Waals surface area contributed by atoms with Gasteiger partial charge in [0.15, 0.2) is 0 Å². The Morgan fingerprint density at radius 1 is 0.789 bits per heavy atom. The largest absolute Gasteiger partial charge is 0.328 e. The van der Waals surface area contributed by atoms with Crippen molar-refractivity contribution in [2.24, 2.45) is 0 Å². The highest BCUT2D eigenvalue weighted by molar-refractivity contribution is 5.95. The standard InChI is InChI=1S/C33H31N3O2/c1-3-23-35(32(37)26-21-19-25(20-22-26)24-13-7-5-8-14-24)30(4-2)31-34-29-18-12-11-17-28(29)33(38)36(31)27-15-9-6-10-16-27/h5-22,30H,3-4,23H2,1-2H3. The van der Waals surface area contributed by atoms with E-state index < -0.39 is 0 Å². The quantitative estimate of drug-likeness (QED) is 0.229. The van der Waals surface area contributed by atoms with Crippen LogP contribution in [0.5, 0.6) is 0 Å². The van der Waals surface area contributed by atoms with Crippen LogP contribution in [0.15, 0.2) is 114 Å². The Morgan fingerprint density at radius 3 is 2.05 bits per heavy atom. The third kappa shape index (κ3) is 4.88. The molecule has 0 aliphatic rings. The van der Waals surface area contributed by atoms with Gasteiger partial charge in [0.25, 0.3) is 11.5 Å². The van der Waals surface area contributed by atoms with Crippen molar-refractivity contribution in [2.75, 3.05) is 6.54 Å². The van der Waals surface area contributed by atoms with Gasteiger partial charge >= 0.3 is 0 Å². The zero-order valence-electron chi connectivity index (χ0n) is 21.7. The molecule has 0 radical (unpaired) electrons. The van der Waals surface area contributed by atoms with Crippen LogP contribution in [0.2, 0.25) is 0 Å². The number of carbonyl (C=O) groups is 1. The number of amides is 1.